The number of carboxylic acids is 1. The predicted molar refractivity (Wildman–Crippen MR) is 162 cm³/mol. The van der Waals surface area contributed by atoms with Gasteiger partial charge in [-0.2, -0.15) is 0 Å². The Hall–Kier alpha value is -1.64. The van der Waals surface area contributed by atoms with Crippen molar-refractivity contribution in [2.45, 2.75) is 153 Å². The van der Waals surface area contributed by atoms with Crippen LogP contribution in [0.3, 0.4) is 0 Å². The van der Waals surface area contributed by atoms with Gasteiger partial charge in [-0.3, -0.25) is 23.4 Å². The van der Waals surface area contributed by atoms with Gasteiger partial charge in [0.25, 0.3) is 0 Å². The second-order valence-corrected chi connectivity index (χ2v) is 13.2. The van der Waals surface area contributed by atoms with Crippen molar-refractivity contribution in [3.8, 4) is 0 Å². The van der Waals surface area contributed by atoms with Gasteiger partial charge in [0.2, 0.25) is 0 Å². The van der Waals surface area contributed by atoms with Gasteiger partial charge in [0, 0.05) is 12.3 Å². The zero-order valence-corrected chi connectivity index (χ0v) is 27.6. The first kappa shape index (κ1) is 41.4. The fourth-order valence-electron chi connectivity index (χ4n) is 5.05. The van der Waals surface area contributed by atoms with Crippen LogP contribution in [-0.4, -0.2) is 98.2 Å². The summed E-state index contributed by atoms with van der Waals surface area (Å²) < 4.78 is 32.7. The first-order valence-corrected chi connectivity index (χ1v) is 17.7. The molecule has 15 heteroatoms. The van der Waals surface area contributed by atoms with Crippen LogP contribution in [0.2, 0.25) is 0 Å². The average Bonchev–Trinajstić information content (AvgIpc) is 3.00. The van der Waals surface area contributed by atoms with E-state index in [1.165, 1.54) is 58.3 Å². The topological polar surface area (TPSA) is 227 Å². The Kier molecular flexibility index (Phi) is 21.0. The number of aliphatic hydroxyl groups is 4. The third-order valence-electron chi connectivity index (χ3n) is 7.88. The Balaban J connectivity index is 2.47. The van der Waals surface area contributed by atoms with E-state index in [1.807, 2.05) is 0 Å². The minimum absolute atomic E-state index is 0.119. The first-order valence-electron chi connectivity index (χ1n) is 16.2. The number of aliphatic carboxylic acids is 1. The van der Waals surface area contributed by atoms with Gasteiger partial charge in [0.15, 0.2) is 6.10 Å². The molecule has 0 radical (unpaired) electrons. The maximum atomic E-state index is 12.6. The third-order valence-corrected chi connectivity index (χ3v) is 8.86. The lowest BCUT2D eigenvalue weighted by Gasteiger charge is -2.42. The minimum atomic E-state index is -5.02. The van der Waals surface area contributed by atoms with Crippen LogP contribution in [0.15, 0.2) is 0 Å². The van der Waals surface area contributed by atoms with E-state index in [0.29, 0.717) is 6.42 Å². The van der Waals surface area contributed by atoms with E-state index in [2.05, 4.69) is 6.92 Å². The van der Waals surface area contributed by atoms with E-state index < -0.39 is 94.3 Å². The molecule has 14 nitrogen and oxygen atoms in total. The number of esters is 2. The molecule has 264 valence electrons. The number of phosphoric ester groups is 1. The lowest BCUT2D eigenvalue weighted by Crippen LogP contribution is -2.60. The molecule has 0 amide bonds. The molecule has 0 aliphatic heterocycles. The fourth-order valence-corrected chi connectivity index (χ4v) is 6.09. The molecule has 0 heterocycles. The van der Waals surface area contributed by atoms with Crippen LogP contribution in [0.5, 0.6) is 0 Å². The molecule has 1 aliphatic carbocycles. The van der Waals surface area contributed by atoms with Crippen molar-refractivity contribution in [3.63, 3.8) is 0 Å². The molecule has 0 aromatic rings. The Morgan fingerprint density at radius 2 is 1.20 bits per heavy atom. The summed E-state index contributed by atoms with van der Waals surface area (Å²) in [6.07, 6.45) is 4.05. The van der Waals surface area contributed by atoms with Gasteiger partial charge < -0.3 is 39.9 Å². The summed E-state index contributed by atoms with van der Waals surface area (Å²) in [4.78, 5) is 45.3. The van der Waals surface area contributed by atoms with Crippen molar-refractivity contribution in [2.24, 2.45) is 5.92 Å². The molecule has 0 aromatic heterocycles. The fraction of sp³-hybridized carbons (Fsp3) is 0.900. The van der Waals surface area contributed by atoms with Crippen molar-refractivity contribution in [1.82, 2.24) is 0 Å². The maximum Gasteiger partial charge on any atom is 0.472 e. The summed E-state index contributed by atoms with van der Waals surface area (Å²) in [5, 5.41) is 48.7. The van der Waals surface area contributed by atoms with Crippen molar-refractivity contribution in [3.05, 3.63) is 0 Å². The summed E-state index contributed by atoms with van der Waals surface area (Å²) in [6.45, 7) is 2.19. The molecule has 5 unspecified atom stereocenters. The Bertz CT molecular complexity index is 886. The normalized spacial score (nSPS) is 25.3. The van der Waals surface area contributed by atoms with Crippen LogP contribution >= 0.6 is 7.82 Å². The monoisotopic (exact) mass is 670 g/mol. The molecule has 8 atom stereocenters. The van der Waals surface area contributed by atoms with Gasteiger partial charge >= 0.3 is 25.7 Å². The van der Waals surface area contributed by atoms with E-state index in [1.54, 1.807) is 0 Å². The molecule has 0 aromatic carbocycles. The van der Waals surface area contributed by atoms with Gasteiger partial charge in [-0.15, -0.1) is 0 Å². The summed E-state index contributed by atoms with van der Waals surface area (Å²) >= 11 is 0. The number of unbranched alkanes of at least 4 members (excludes halogenated alkanes) is 12. The Labute approximate surface area is 266 Å². The van der Waals surface area contributed by atoms with Gasteiger partial charge in [-0.1, -0.05) is 90.9 Å². The number of carbonyl (C=O) groups is 3. The van der Waals surface area contributed by atoms with E-state index in [-0.39, 0.29) is 6.42 Å². The number of hydrogen-bond donors (Lipinski definition) is 6. The molecule has 1 saturated carbocycles. The molecular formula is C30H55O14P. The average molecular weight is 671 g/mol. The van der Waals surface area contributed by atoms with Crippen LogP contribution in [0.25, 0.3) is 0 Å². The van der Waals surface area contributed by atoms with Crippen LogP contribution < -0.4 is 0 Å². The Morgan fingerprint density at radius 1 is 0.689 bits per heavy atom. The molecule has 6 N–H and O–H groups in total. The van der Waals surface area contributed by atoms with E-state index in [9.17, 15) is 44.3 Å². The second kappa shape index (κ2) is 22.8. The van der Waals surface area contributed by atoms with Crippen molar-refractivity contribution in [1.29, 1.82) is 0 Å². The molecule has 1 aliphatic rings. The summed E-state index contributed by atoms with van der Waals surface area (Å²) in [7, 11) is -5.02. The van der Waals surface area contributed by atoms with Crippen LogP contribution in [0, 0.1) is 5.92 Å². The van der Waals surface area contributed by atoms with Gasteiger partial charge in [-0.05, 0) is 6.42 Å². The quantitative estimate of drug-likeness (QED) is 0.0465. The standard InChI is InChI=1S/C30H55O14P/c1-3-4-5-6-7-8-9-10-11-12-13-14-15-16-24(33)41-19-22(43-25(34)18-17-23(31)32)20-42-45(39,40)44-30-21(2)26(35)27(36)28(37)29(30)38/h21-22,26-30,35-38H,3-20H2,1-2H3,(H,31,32)(H,39,40)/t21?,22-,26?,27?,28-,29?,30+/m1/s1. The zero-order chi connectivity index (χ0) is 33.8. The molecule has 0 bridgehead atoms. The van der Waals surface area contributed by atoms with E-state index >= 15 is 0 Å². The van der Waals surface area contributed by atoms with Crippen molar-refractivity contribution < 1.29 is 67.9 Å². The summed E-state index contributed by atoms with van der Waals surface area (Å²) in [6, 6.07) is 0. The minimum Gasteiger partial charge on any atom is -0.481 e. The SMILES string of the molecule is CCCCCCCCCCCCCCCC(=O)OC[C@H](COP(=O)(O)O[C@H]1C(C)C(O)C(O)[C@@H](O)C1O)OC(=O)CCC(=O)O. The third kappa shape index (κ3) is 17.7. The number of rotatable bonds is 25. The number of phosphoric acid groups is 1. The highest BCUT2D eigenvalue weighted by atomic mass is 31.2. The van der Waals surface area contributed by atoms with E-state index in [4.69, 9.17) is 23.6 Å². The highest BCUT2D eigenvalue weighted by molar-refractivity contribution is 7.47. The second-order valence-electron chi connectivity index (χ2n) is 11.8. The van der Waals surface area contributed by atoms with Gasteiger partial charge in [0.05, 0.1) is 25.6 Å². The largest absolute Gasteiger partial charge is 0.481 e. The number of carboxylic acid groups (broad SMARTS) is 1. The number of carbonyl (C=O) groups excluding carboxylic acids is 2. The molecule has 1 rings (SSSR count). The van der Waals surface area contributed by atoms with Crippen molar-refractivity contribution in [2.75, 3.05) is 13.2 Å². The number of hydrogen-bond acceptors (Lipinski definition) is 12. The van der Waals surface area contributed by atoms with Crippen LogP contribution in [0.1, 0.15) is 117 Å². The van der Waals surface area contributed by atoms with Gasteiger partial charge in [0.1, 0.15) is 31.0 Å². The molecule has 45 heavy (non-hydrogen) atoms. The predicted octanol–water partition coefficient (Wildman–Crippen LogP) is 3.38. The Morgan fingerprint density at radius 3 is 1.73 bits per heavy atom. The van der Waals surface area contributed by atoms with Crippen LogP contribution in [0.4, 0.5) is 0 Å². The highest BCUT2D eigenvalue weighted by Gasteiger charge is 2.50. The molecule has 1 fully saturated rings. The maximum absolute atomic E-state index is 12.6. The lowest BCUT2D eigenvalue weighted by atomic mass is 9.80. The van der Waals surface area contributed by atoms with E-state index in [0.717, 1.165) is 25.7 Å². The number of ether oxygens (including phenoxy) is 2. The summed E-state index contributed by atoms with van der Waals surface area (Å²) in [5.74, 6) is -3.87. The highest BCUT2D eigenvalue weighted by Crippen LogP contribution is 2.48. The van der Waals surface area contributed by atoms with Crippen LogP contribution in [-0.2, 0) is 37.5 Å². The molecule has 0 spiro atoms. The summed E-state index contributed by atoms with van der Waals surface area (Å²) in [5.41, 5.74) is 0. The first-order chi connectivity index (χ1) is 21.3. The van der Waals surface area contributed by atoms with Crippen molar-refractivity contribution >= 4 is 25.7 Å². The smallest absolute Gasteiger partial charge is 0.472 e. The zero-order valence-electron chi connectivity index (χ0n) is 26.7. The lowest BCUT2D eigenvalue weighted by molar-refractivity contribution is -0.197. The van der Waals surface area contributed by atoms with Gasteiger partial charge in [-0.25, -0.2) is 4.57 Å². The molecule has 0 saturated heterocycles. The number of aliphatic hydroxyl groups excluding tert-OH is 4. The molecular weight excluding hydrogens is 615 g/mol.